The highest BCUT2D eigenvalue weighted by atomic mass is 15.3. The van der Waals surface area contributed by atoms with Gasteiger partial charge in [-0.2, -0.15) is 0 Å². The van der Waals surface area contributed by atoms with E-state index in [2.05, 4.69) is 59.9 Å². The third-order valence-electron chi connectivity index (χ3n) is 4.26. The summed E-state index contributed by atoms with van der Waals surface area (Å²) in [6, 6.07) is 5.31. The summed E-state index contributed by atoms with van der Waals surface area (Å²) < 4.78 is 0. The van der Waals surface area contributed by atoms with Gasteiger partial charge >= 0.3 is 0 Å². The molecule has 0 amide bonds. The minimum atomic E-state index is 0.324. The van der Waals surface area contributed by atoms with Gasteiger partial charge in [-0.1, -0.05) is 13.8 Å². The summed E-state index contributed by atoms with van der Waals surface area (Å²) in [6.45, 7) is 14.3. The van der Waals surface area contributed by atoms with Crippen molar-refractivity contribution < 1.29 is 0 Å². The average Bonchev–Trinajstić information content (AvgIpc) is 2.47. The number of rotatable bonds is 5. The summed E-state index contributed by atoms with van der Waals surface area (Å²) in [5.74, 6) is 0. The first-order chi connectivity index (χ1) is 9.65. The summed E-state index contributed by atoms with van der Waals surface area (Å²) in [6.07, 6.45) is 2.03. The molecule has 0 aliphatic carbocycles. The summed E-state index contributed by atoms with van der Waals surface area (Å²) >= 11 is 0. The minimum Gasteiger partial charge on any atom is -0.367 e. The van der Waals surface area contributed by atoms with Crippen LogP contribution in [0, 0.1) is 0 Å². The van der Waals surface area contributed by atoms with Crippen molar-refractivity contribution in [1.82, 2.24) is 15.2 Å². The normalized spacial score (nSPS) is 22.0. The Hall–Kier alpha value is -1.13. The standard InChI is InChI=1S/C16H28N4/c1-5-17-14(4)16-8-7-15(11-18-16)20-10-9-19(6-2)13(3)12-20/h7-8,11,13-14,17H,5-6,9-10,12H2,1-4H3. The van der Waals surface area contributed by atoms with Gasteiger partial charge in [0.15, 0.2) is 0 Å². The smallest absolute Gasteiger partial charge is 0.0572 e. The number of nitrogens with one attached hydrogen (secondary N) is 1. The van der Waals surface area contributed by atoms with Crippen molar-refractivity contribution >= 4 is 5.69 Å². The molecule has 0 spiro atoms. The lowest BCUT2D eigenvalue weighted by Crippen LogP contribution is -2.51. The molecule has 112 valence electrons. The molecule has 0 radical (unpaired) electrons. The van der Waals surface area contributed by atoms with Crippen LogP contribution in [0.3, 0.4) is 0 Å². The zero-order chi connectivity index (χ0) is 14.5. The van der Waals surface area contributed by atoms with Crippen molar-refractivity contribution in [2.24, 2.45) is 0 Å². The lowest BCUT2D eigenvalue weighted by atomic mass is 10.1. The summed E-state index contributed by atoms with van der Waals surface area (Å²) in [7, 11) is 0. The molecule has 1 N–H and O–H groups in total. The Kier molecular flexibility index (Phi) is 5.38. The molecular weight excluding hydrogens is 248 g/mol. The molecule has 4 heteroatoms. The molecule has 20 heavy (non-hydrogen) atoms. The molecule has 1 aliphatic heterocycles. The van der Waals surface area contributed by atoms with Crippen LogP contribution in [0.15, 0.2) is 18.3 Å². The second kappa shape index (κ2) is 7.04. The van der Waals surface area contributed by atoms with Crippen molar-refractivity contribution in [3.8, 4) is 0 Å². The molecule has 0 bridgehead atoms. The molecule has 4 nitrogen and oxygen atoms in total. The van der Waals surface area contributed by atoms with Gasteiger partial charge in [0, 0.05) is 31.7 Å². The van der Waals surface area contributed by atoms with Gasteiger partial charge < -0.3 is 10.2 Å². The Balaban J connectivity index is 2.00. The number of nitrogens with zero attached hydrogens (tertiary/aromatic N) is 3. The lowest BCUT2D eigenvalue weighted by molar-refractivity contribution is 0.199. The topological polar surface area (TPSA) is 31.4 Å². The highest BCUT2D eigenvalue weighted by Gasteiger charge is 2.22. The third kappa shape index (κ3) is 3.49. The van der Waals surface area contributed by atoms with E-state index in [1.54, 1.807) is 0 Å². The van der Waals surface area contributed by atoms with Crippen molar-refractivity contribution in [2.75, 3.05) is 37.6 Å². The summed E-state index contributed by atoms with van der Waals surface area (Å²) in [5, 5.41) is 3.40. The molecule has 1 aliphatic rings. The molecule has 2 unspecified atom stereocenters. The Labute approximate surface area is 123 Å². The Morgan fingerprint density at radius 1 is 1.35 bits per heavy atom. The van der Waals surface area contributed by atoms with Gasteiger partial charge in [-0.05, 0) is 39.1 Å². The number of aromatic nitrogens is 1. The molecule has 1 saturated heterocycles. The summed E-state index contributed by atoms with van der Waals surface area (Å²) in [5.41, 5.74) is 2.37. The molecule has 0 aromatic carbocycles. The first-order valence-electron chi connectivity index (χ1n) is 7.84. The van der Waals surface area contributed by atoms with Crippen LogP contribution < -0.4 is 10.2 Å². The van der Waals surface area contributed by atoms with E-state index >= 15 is 0 Å². The van der Waals surface area contributed by atoms with E-state index in [0.717, 1.165) is 38.4 Å². The minimum absolute atomic E-state index is 0.324. The zero-order valence-electron chi connectivity index (χ0n) is 13.3. The maximum Gasteiger partial charge on any atom is 0.0572 e. The van der Waals surface area contributed by atoms with Gasteiger partial charge in [-0.15, -0.1) is 0 Å². The predicted molar refractivity (Wildman–Crippen MR) is 85.3 cm³/mol. The maximum atomic E-state index is 4.62. The quantitative estimate of drug-likeness (QED) is 0.894. The van der Waals surface area contributed by atoms with Crippen LogP contribution in [0.25, 0.3) is 0 Å². The molecule has 2 atom stereocenters. The molecule has 2 rings (SSSR count). The molecular formula is C16H28N4. The molecule has 2 heterocycles. The van der Waals surface area contributed by atoms with Crippen LogP contribution in [0.4, 0.5) is 5.69 Å². The van der Waals surface area contributed by atoms with Crippen molar-refractivity contribution in [3.05, 3.63) is 24.0 Å². The Morgan fingerprint density at radius 2 is 2.15 bits per heavy atom. The van der Waals surface area contributed by atoms with Gasteiger partial charge in [-0.25, -0.2) is 0 Å². The van der Waals surface area contributed by atoms with Crippen molar-refractivity contribution in [2.45, 2.75) is 39.8 Å². The van der Waals surface area contributed by atoms with Gasteiger partial charge in [0.1, 0.15) is 0 Å². The van der Waals surface area contributed by atoms with E-state index in [1.807, 2.05) is 6.20 Å². The number of piperazine rings is 1. The fourth-order valence-electron chi connectivity index (χ4n) is 2.95. The fraction of sp³-hybridized carbons (Fsp3) is 0.688. The number of pyridine rings is 1. The van der Waals surface area contributed by atoms with Gasteiger partial charge in [0.05, 0.1) is 17.6 Å². The Bertz CT molecular complexity index is 403. The van der Waals surface area contributed by atoms with Crippen LogP contribution >= 0.6 is 0 Å². The molecule has 1 aromatic heterocycles. The number of hydrogen-bond donors (Lipinski definition) is 1. The van der Waals surface area contributed by atoms with E-state index in [1.165, 1.54) is 5.69 Å². The number of likely N-dealkylation sites (N-methyl/N-ethyl adjacent to an activating group) is 1. The van der Waals surface area contributed by atoms with Crippen LogP contribution in [-0.4, -0.2) is 48.6 Å². The monoisotopic (exact) mass is 276 g/mol. The lowest BCUT2D eigenvalue weighted by Gasteiger charge is -2.40. The first-order valence-corrected chi connectivity index (χ1v) is 7.84. The van der Waals surface area contributed by atoms with Crippen molar-refractivity contribution in [1.29, 1.82) is 0 Å². The number of anilines is 1. The van der Waals surface area contributed by atoms with Crippen LogP contribution in [0.1, 0.15) is 39.4 Å². The largest absolute Gasteiger partial charge is 0.367 e. The first kappa shape index (κ1) is 15.3. The van der Waals surface area contributed by atoms with E-state index in [9.17, 15) is 0 Å². The van der Waals surface area contributed by atoms with Crippen LogP contribution in [0.5, 0.6) is 0 Å². The zero-order valence-corrected chi connectivity index (χ0v) is 13.3. The van der Waals surface area contributed by atoms with E-state index in [-0.39, 0.29) is 0 Å². The van der Waals surface area contributed by atoms with Crippen LogP contribution in [0.2, 0.25) is 0 Å². The molecule has 1 fully saturated rings. The van der Waals surface area contributed by atoms with Gasteiger partial charge in [-0.3, -0.25) is 9.88 Å². The van der Waals surface area contributed by atoms with Crippen molar-refractivity contribution in [3.63, 3.8) is 0 Å². The second-order valence-electron chi connectivity index (χ2n) is 5.64. The third-order valence-corrected chi connectivity index (χ3v) is 4.26. The molecule has 0 saturated carbocycles. The van der Waals surface area contributed by atoms with E-state index in [0.29, 0.717) is 12.1 Å². The second-order valence-corrected chi connectivity index (χ2v) is 5.64. The predicted octanol–water partition coefficient (Wildman–Crippen LogP) is 2.28. The van der Waals surface area contributed by atoms with Gasteiger partial charge in [0.25, 0.3) is 0 Å². The maximum absolute atomic E-state index is 4.62. The Morgan fingerprint density at radius 3 is 2.70 bits per heavy atom. The van der Waals surface area contributed by atoms with E-state index in [4.69, 9.17) is 0 Å². The highest BCUT2D eigenvalue weighted by molar-refractivity contribution is 5.45. The van der Waals surface area contributed by atoms with E-state index < -0.39 is 0 Å². The summed E-state index contributed by atoms with van der Waals surface area (Å²) in [4.78, 5) is 9.60. The molecule has 1 aromatic rings. The average molecular weight is 276 g/mol. The highest BCUT2D eigenvalue weighted by Crippen LogP contribution is 2.20. The van der Waals surface area contributed by atoms with Gasteiger partial charge in [0.2, 0.25) is 0 Å². The fourth-order valence-corrected chi connectivity index (χ4v) is 2.95. The van der Waals surface area contributed by atoms with Crippen LogP contribution in [-0.2, 0) is 0 Å². The number of hydrogen-bond acceptors (Lipinski definition) is 4. The SMILES string of the molecule is CCNC(C)c1ccc(N2CCN(CC)C(C)C2)cn1.